The lowest BCUT2D eigenvalue weighted by Gasteiger charge is -2.06. The second kappa shape index (κ2) is 6.10. The van der Waals surface area contributed by atoms with Crippen LogP contribution in [0.3, 0.4) is 0 Å². The smallest absolute Gasteiger partial charge is 0.300 e. The number of carbonyl (C=O) groups is 1. The van der Waals surface area contributed by atoms with Crippen LogP contribution < -0.4 is 16.0 Å². The number of hydrogen-bond acceptors (Lipinski definition) is 4. The summed E-state index contributed by atoms with van der Waals surface area (Å²) in [6.07, 6.45) is 0. The molecule has 1 aromatic carbocycles. The van der Waals surface area contributed by atoms with Crippen molar-refractivity contribution in [2.75, 3.05) is 0 Å². The van der Waals surface area contributed by atoms with E-state index in [0.29, 0.717) is 16.5 Å². The van der Waals surface area contributed by atoms with E-state index in [9.17, 15) is 4.79 Å². The van der Waals surface area contributed by atoms with Gasteiger partial charge in [0, 0.05) is 4.47 Å². The molecule has 1 heterocycles. The lowest BCUT2D eigenvalue weighted by molar-refractivity contribution is 0.0922. The SMILES string of the molecule is NNC(=O)c1ccc(COc2cc(Br)ccc2Cl)o1. The van der Waals surface area contributed by atoms with E-state index in [4.69, 9.17) is 26.6 Å². The minimum Gasteiger partial charge on any atom is -0.484 e. The van der Waals surface area contributed by atoms with Crippen molar-refractivity contribution in [1.29, 1.82) is 0 Å². The lowest BCUT2D eigenvalue weighted by Crippen LogP contribution is -2.29. The fraction of sp³-hybridized carbons (Fsp3) is 0.0833. The van der Waals surface area contributed by atoms with Gasteiger partial charge in [0.2, 0.25) is 0 Å². The van der Waals surface area contributed by atoms with E-state index >= 15 is 0 Å². The van der Waals surface area contributed by atoms with Gasteiger partial charge in [-0.2, -0.15) is 0 Å². The minimum atomic E-state index is -0.494. The van der Waals surface area contributed by atoms with E-state index < -0.39 is 5.91 Å². The molecule has 2 rings (SSSR count). The van der Waals surface area contributed by atoms with Gasteiger partial charge in [0.15, 0.2) is 5.76 Å². The van der Waals surface area contributed by atoms with Crippen molar-refractivity contribution in [3.8, 4) is 5.75 Å². The number of nitrogen functional groups attached to an aromatic ring is 1. The third-order valence-corrected chi connectivity index (χ3v) is 3.09. The zero-order valence-corrected chi connectivity index (χ0v) is 12.0. The van der Waals surface area contributed by atoms with Crippen LogP contribution in [0.5, 0.6) is 5.75 Å². The van der Waals surface area contributed by atoms with Crippen molar-refractivity contribution in [3.05, 3.63) is 51.3 Å². The number of hydrazine groups is 1. The van der Waals surface area contributed by atoms with Crippen LogP contribution in [0.25, 0.3) is 0 Å². The number of carbonyl (C=O) groups excluding carboxylic acids is 1. The molecule has 0 bridgehead atoms. The fourth-order valence-corrected chi connectivity index (χ4v) is 1.90. The van der Waals surface area contributed by atoms with E-state index in [-0.39, 0.29) is 12.4 Å². The average molecular weight is 346 g/mol. The summed E-state index contributed by atoms with van der Waals surface area (Å²) < 4.78 is 11.6. The predicted octanol–water partition coefficient (Wildman–Crippen LogP) is 2.88. The van der Waals surface area contributed by atoms with Crippen LogP contribution in [0.2, 0.25) is 5.02 Å². The van der Waals surface area contributed by atoms with Crippen LogP contribution in [0.15, 0.2) is 39.2 Å². The first-order valence-electron chi connectivity index (χ1n) is 5.27. The summed E-state index contributed by atoms with van der Waals surface area (Å²) in [4.78, 5) is 11.2. The number of hydrogen-bond donors (Lipinski definition) is 2. The predicted molar refractivity (Wildman–Crippen MR) is 73.8 cm³/mol. The molecule has 0 unspecified atom stereocenters. The molecule has 0 aliphatic heterocycles. The Labute approximate surface area is 122 Å². The molecular weight excluding hydrogens is 336 g/mol. The highest BCUT2D eigenvalue weighted by Gasteiger charge is 2.10. The van der Waals surface area contributed by atoms with E-state index in [0.717, 1.165) is 4.47 Å². The summed E-state index contributed by atoms with van der Waals surface area (Å²) >= 11 is 9.31. The zero-order valence-electron chi connectivity index (χ0n) is 9.65. The number of benzene rings is 1. The Kier molecular flexibility index (Phi) is 4.47. The molecular formula is C12H10BrClN2O3. The first-order valence-corrected chi connectivity index (χ1v) is 6.45. The van der Waals surface area contributed by atoms with Crippen molar-refractivity contribution in [3.63, 3.8) is 0 Å². The van der Waals surface area contributed by atoms with Gasteiger partial charge < -0.3 is 9.15 Å². The second-order valence-electron chi connectivity index (χ2n) is 3.60. The Morgan fingerprint density at radius 3 is 2.95 bits per heavy atom. The molecule has 7 heteroatoms. The van der Waals surface area contributed by atoms with Crippen molar-refractivity contribution < 1.29 is 13.9 Å². The molecule has 100 valence electrons. The van der Waals surface area contributed by atoms with E-state index in [1.54, 1.807) is 18.2 Å². The third-order valence-electron chi connectivity index (χ3n) is 2.28. The van der Waals surface area contributed by atoms with E-state index in [1.807, 2.05) is 11.5 Å². The largest absolute Gasteiger partial charge is 0.484 e. The summed E-state index contributed by atoms with van der Waals surface area (Å²) in [5.41, 5.74) is 1.98. The molecule has 19 heavy (non-hydrogen) atoms. The normalized spacial score (nSPS) is 10.3. The number of furan rings is 1. The molecule has 0 spiro atoms. The van der Waals surface area contributed by atoms with Gasteiger partial charge in [-0.3, -0.25) is 10.2 Å². The highest BCUT2D eigenvalue weighted by molar-refractivity contribution is 9.10. The van der Waals surface area contributed by atoms with Gasteiger partial charge in [-0.1, -0.05) is 27.5 Å². The molecule has 0 aliphatic rings. The highest BCUT2D eigenvalue weighted by Crippen LogP contribution is 2.28. The van der Waals surface area contributed by atoms with E-state index in [1.165, 1.54) is 6.07 Å². The van der Waals surface area contributed by atoms with Gasteiger partial charge in [-0.05, 0) is 30.3 Å². The Balaban J connectivity index is 2.04. The summed E-state index contributed by atoms with van der Waals surface area (Å²) in [6.45, 7) is 0.161. The number of nitrogens with one attached hydrogen (secondary N) is 1. The Morgan fingerprint density at radius 2 is 2.21 bits per heavy atom. The standard InChI is InChI=1S/C12H10BrClN2O3/c13-7-1-3-9(14)11(5-7)18-6-8-2-4-10(19-8)12(17)16-15/h1-5H,6,15H2,(H,16,17). The van der Waals surface area contributed by atoms with Crippen LogP contribution >= 0.6 is 27.5 Å². The van der Waals surface area contributed by atoms with Crippen molar-refractivity contribution in [2.24, 2.45) is 5.84 Å². The molecule has 3 N–H and O–H groups in total. The summed E-state index contributed by atoms with van der Waals surface area (Å²) in [7, 11) is 0. The molecule has 1 aromatic heterocycles. The minimum absolute atomic E-state index is 0.126. The summed E-state index contributed by atoms with van der Waals surface area (Å²) in [6, 6.07) is 8.43. The topological polar surface area (TPSA) is 77.5 Å². The van der Waals surface area contributed by atoms with Crippen molar-refractivity contribution >= 4 is 33.4 Å². The zero-order chi connectivity index (χ0) is 13.8. The first-order chi connectivity index (χ1) is 9.10. The molecule has 0 radical (unpaired) electrons. The number of ether oxygens (including phenoxy) is 1. The Bertz CT molecular complexity index is 600. The Hall–Kier alpha value is -1.50. The summed E-state index contributed by atoms with van der Waals surface area (Å²) in [5, 5.41) is 0.495. The second-order valence-corrected chi connectivity index (χ2v) is 4.93. The average Bonchev–Trinajstić information content (AvgIpc) is 2.88. The fourth-order valence-electron chi connectivity index (χ4n) is 1.39. The maximum Gasteiger partial charge on any atom is 0.300 e. The van der Waals surface area contributed by atoms with Crippen LogP contribution in [0.1, 0.15) is 16.3 Å². The van der Waals surface area contributed by atoms with Crippen LogP contribution in [0.4, 0.5) is 0 Å². The van der Waals surface area contributed by atoms with Crippen molar-refractivity contribution in [2.45, 2.75) is 6.61 Å². The van der Waals surface area contributed by atoms with Gasteiger partial charge in [-0.15, -0.1) is 0 Å². The van der Waals surface area contributed by atoms with Gasteiger partial charge in [0.25, 0.3) is 0 Å². The number of rotatable bonds is 4. The van der Waals surface area contributed by atoms with Crippen LogP contribution in [-0.4, -0.2) is 5.91 Å². The first kappa shape index (κ1) is 13.9. The molecule has 1 amide bonds. The van der Waals surface area contributed by atoms with Gasteiger partial charge in [0.1, 0.15) is 18.1 Å². The van der Waals surface area contributed by atoms with Crippen molar-refractivity contribution in [1.82, 2.24) is 5.43 Å². The molecule has 0 aliphatic carbocycles. The molecule has 5 nitrogen and oxygen atoms in total. The van der Waals surface area contributed by atoms with E-state index in [2.05, 4.69) is 15.9 Å². The molecule has 2 aromatic rings. The number of amides is 1. The maximum atomic E-state index is 11.2. The molecule has 0 atom stereocenters. The van der Waals surface area contributed by atoms with Crippen LogP contribution in [-0.2, 0) is 6.61 Å². The third kappa shape index (κ3) is 3.50. The quantitative estimate of drug-likeness (QED) is 0.507. The molecule has 0 saturated heterocycles. The van der Waals surface area contributed by atoms with Gasteiger partial charge in [-0.25, -0.2) is 5.84 Å². The number of nitrogens with two attached hydrogens (primary N) is 1. The Morgan fingerprint density at radius 1 is 1.42 bits per heavy atom. The summed E-state index contributed by atoms with van der Waals surface area (Å²) in [5.74, 6) is 5.65. The number of halogens is 2. The van der Waals surface area contributed by atoms with Crippen LogP contribution in [0, 0.1) is 0 Å². The maximum absolute atomic E-state index is 11.2. The van der Waals surface area contributed by atoms with Gasteiger partial charge >= 0.3 is 5.91 Å². The lowest BCUT2D eigenvalue weighted by atomic mass is 10.3. The monoisotopic (exact) mass is 344 g/mol. The molecule has 0 saturated carbocycles. The highest BCUT2D eigenvalue weighted by atomic mass is 79.9. The molecule has 0 fully saturated rings. The van der Waals surface area contributed by atoms with Gasteiger partial charge in [0.05, 0.1) is 5.02 Å².